The third kappa shape index (κ3) is 8.05. The first-order chi connectivity index (χ1) is 27.9. The summed E-state index contributed by atoms with van der Waals surface area (Å²) in [6.45, 7) is 4.00. The number of phenols is 1. The molecule has 1 unspecified atom stereocenters. The Balaban J connectivity index is 0.000000178. The molecule has 2 aliphatic rings. The molecule has 4 heterocycles. The molecule has 0 saturated carbocycles. The van der Waals surface area contributed by atoms with Crippen molar-refractivity contribution in [2.45, 2.75) is 64.9 Å². The number of halogens is 6. The van der Waals surface area contributed by atoms with Crippen molar-refractivity contribution in [3.05, 3.63) is 125 Å². The molecule has 6 aromatic rings. The van der Waals surface area contributed by atoms with Crippen LogP contribution in [0.5, 0.6) is 34.5 Å². The van der Waals surface area contributed by atoms with E-state index in [1.54, 1.807) is 63.4 Å². The Kier molecular flexibility index (Phi) is 12.2. The molecule has 4 aromatic carbocycles. The van der Waals surface area contributed by atoms with E-state index in [0.717, 1.165) is 37.8 Å². The predicted octanol–water partition coefficient (Wildman–Crippen LogP) is 10.8. The highest BCUT2D eigenvalue weighted by Gasteiger charge is 2.27. The fourth-order valence-electron chi connectivity index (χ4n) is 6.74. The summed E-state index contributed by atoms with van der Waals surface area (Å²) in [4.78, 5) is 25.7. The van der Waals surface area contributed by atoms with Gasteiger partial charge in [0.25, 0.3) is 11.1 Å². The second-order valence-corrected chi connectivity index (χ2v) is 14.9. The van der Waals surface area contributed by atoms with Gasteiger partial charge in [-0.15, -0.1) is 6.42 Å². The highest BCUT2D eigenvalue weighted by Crippen LogP contribution is 2.41. The first-order valence-corrected chi connectivity index (χ1v) is 19.7. The lowest BCUT2D eigenvalue weighted by Crippen LogP contribution is -2.27. The Labute approximate surface area is 351 Å². The number of aromatic nitrogens is 4. The number of para-hydroxylation sites is 4. The molecule has 58 heavy (non-hydrogen) atoms. The van der Waals surface area contributed by atoms with Gasteiger partial charge in [0.15, 0.2) is 29.1 Å². The molecule has 0 amide bonds. The highest BCUT2D eigenvalue weighted by molar-refractivity contribution is 6.34. The van der Waals surface area contributed by atoms with Gasteiger partial charge in [0.1, 0.15) is 33.4 Å². The lowest BCUT2D eigenvalue weighted by Gasteiger charge is -2.17. The number of fused-ring (bicyclic) bond motifs is 2. The highest BCUT2D eigenvalue weighted by atomic mass is 35.5. The quantitative estimate of drug-likeness (QED) is 0.153. The Morgan fingerprint density at radius 1 is 0.638 bits per heavy atom. The van der Waals surface area contributed by atoms with E-state index in [9.17, 15) is 23.5 Å². The summed E-state index contributed by atoms with van der Waals surface area (Å²) >= 11 is 25.2. The minimum atomic E-state index is -0.674. The van der Waals surface area contributed by atoms with Crippen molar-refractivity contribution >= 4 is 46.4 Å². The van der Waals surface area contributed by atoms with Gasteiger partial charge in [0.05, 0.1) is 21.2 Å². The van der Waals surface area contributed by atoms with E-state index in [2.05, 4.69) is 5.92 Å². The zero-order valence-corrected chi connectivity index (χ0v) is 33.8. The number of phenolic OH excluding ortho intramolecular Hbond substituents is 1. The van der Waals surface area contributed by atoms with Crippen LogP contribution < -0.4 is 25.3 Å². The third-order valence-corrected chi connectivity index (χ3v) is 11.0. The van der Waals surface area contributed by atoms with E-state index >= 15 is 0 Å². The maximum absolute atomic E-state index is 14.9. The smallest absolute Gasteiger partial charge is 0.276 e. The molecular weight excluding hydrogens is 836 g/mol. The summed E-state index contributed by atoms with van der Waals surface area (Å²) in [6, 6.07) is 18.1. The maximum Gasteiger partial charge on any atom is 0.276 e. The fourth-order valence-corrected chi connectivity index (χ4v) is 7.83. The van der Waals surface area contributed by atoms with Crippen LogP contribution in [0.25, 0.3) is 22.3 Å². The van der Waals surface area contributed by atoms with E-state index in [1.165, 1.54) is 22.9 Å². The molecule has 10 nitrogen and oxygen atoms in total. The maximum atomic E-state index is 14.9. The number of hydrogen-bond donors (Lipinski definition) is 1. The summed E-state index contributed by atoms with van der Waals surface area (Å²) in [5, 5.41) is 10.3. The second kappa shape index (κ2) is 17.3. The standard InChI is InChI=1S/C23H19Cl2FN2O3.C19H15Cl2FN2O3/c1-3-14(2)30-18-8-4-5-9-19(18)31-20-12-15(17(26)13-16(20)24)21-22(25)27-10-6-7-11-28(27)23(21)29;20-12-10-13(22)11(9-16(12)27-15-6-2-1-5-14(15)25)17-18(21)23-7-3-4-8-24(23)19(17)26/h1,4-5,8-9,12-14H,6-7,10-11H2,2H3;1-2,5-6,9-10,25H,3-4,7-8H2. The molecule has 1 N–H and O–H groups in total. The lowest BCUT2D eigenvalue weighted by molar-refractivity contribution is 0.267. The SMILES string of the molecule is C#CC(C)Oc1ccccc1Oc1cc(-c2c(Cl)n3n(c2=O)CCCC3)c(F)cc1Cl.O=c1c(-c2cc(Oc3ccccc3O)c(Cl)cc2F)c(Cl)n2n1CCCC2. The van der Waals surface area contributed by atoms with Crippen LogP contribution in [0.15, 0.2) is 82.4 Å². The number of terminal acetylenes is 1. The van der Waals surface area contributed by atoms with Gasteiger partial charge < -0.3 is 19.3 Å². The van der Waals surface area contributed by atoms with Crippen LogP contribution in [0.2, 0.25) is 20.4 Å². The van der Waals surface area contributed by atoms with E-state index < -0.39 is 17.7 Å². The minimum absolute atomic E-state index is 0.00854. The van der Waals surface area contributed by atoms with Crippen LogP contribution in [0.3, 0.4) is 0 Å². The van der Waals surface area contributed by atoms with Gasteiger partial charge >= 0.3 is 0 Å². The minimum Gasteiger partial charge on any atom is -0.504 e. The Bertz CT molecular complexity index is 2700. The molecule has 0 radical (unpaired) electrons. The normalized spacial score (nSPS) is 13.7. The molecule has 0 saturated heterocycles. The number of ether oxygens (including phenoxy) is 3. The monoisotopic (exact) mass is 868 g/mol. The first-order valence-electron chi connectivity index (χ1n) is 18.2. The van der Waals surface area contributed by atoms with Gasteiger partial charge in [-0.1, -0.05) is 76.6 Å². The largest absolute Gasteiger partial charge is 0.504 e. The predicted molar refractivity (Wildman–Crippen MR) is 220 cm³/mol. The van der Waals surface area contributed by atoms with Crippen molar-refractivity contribution in [2.24, 2.45) is 0 Å². The number of hydrogen-bond acceptors (Lipinski definition) is 6. The van der Waals surface area contributed by atoms with Gasteiger partial charge in [-0.25, -0.2) is 18.1 Å². The van der Waals surface area contributed by atoms with E-state index in [4.69, 9.17) is 67.0 Å². The van der Waals surface area contributed by atoms with Crippen LogP contribution >= 0.6 is 46.4 Å². The lowest BCUT2D eigenvalue weighted by atomic mass is 10.1. The molecule has 2 aromatic heterocycles. The van der Waals surface area contributed by atoms with Crippen LogP contribution in [0, 0.1) is 24.0 Å². The van der Waals surface area contributed by atoms with Crippen LogP contribution in [0.4, 0.5) is 8.78 Å². The number of benzene rings is 4. The van der Waals surface area contributed by atoms with Crippen molar-refractivity contribution in [1.29, 1.82) is 0 Å². The summed E-state index contributed by atoms with van der Waals surface area (Å²) in [6.07, 6.45) is 8.45. The average Bonchev–Trinajstić information content (AvgIpc) is 3.62. The second-order valence-electron chi connectivity index (χ2n) is 13.4. The van der Waals surface area contributed by atoms with Gasteiger partial charge in [-0.05, 0) is 81.1 Å². The van der Waals surface area contributed by atoms with Gasteiger partial charge in [0, 0.05) is 37.3 Å². The van der Waals surface area contributed by atoms with Crippen molar-refractivity contribution < 1.29 is 28.1 Å². The zero-order valence-electron chi connectivity index (χ0n) is 30.8. The molecular formula is C42H34Cl4F2N4O6. The van der Waals surface area contributed by atoms with Gasteiger partial charge in [-0.3, -0.25) is 19.0 Å². The van der Waals surface area contributed by atoms with Crippen molar-refractivity contribution in [3.63, 3.8) is 0 Å². The van der Waals surface area contributed by atoms with Gasteiger partial charge in [0.2, 0.25) is 0 Å². The molecule has 0 spiro atoms. The van der Waals surface area contributed by atoms with Gasteiger partial charge in [-0.2, -0.15) is 0 Å². The molecule has 1 atom stereocenters. The molecule has 0 bridgehead atoms. The molecule has 2 aliphatic heterocycles. The summed E-state index contributed by atoms with van der Waals surface area (Å²) in [5.41, 5.74) is -0.491. The molecule has 0 aliphatic carbocycles. The first kappa shape index (κ1) is 40.9. The van der Waals surface area contributed by atoms with E-state index in [1.807, 2.05) is 0 Å². The van der Waals surface area contributed by atoms with Crippen LogP contribution in [-0.2, 0) is 26.2 Å². The zero-order chi connectivity index (χ0) is 41.2. The Morgan fingerprint density at radius 2 is 1.05 bits per heavy atom. The average molecular weight is 871 g/mol. The van der Waals surface area contributed by atoms with Crippen molar-refractivity contribution in [2.75, 3.05) is 0 Å². The number of rotatable bonds is 8. The van der Waals surface area contributed by atoms with E-state index in [0.29, 0.717) is 37.7 Å². The summed E-state index contributed by atoms with van der Waals surface area (Å²) in [7, 11) is 0. The third-order valence-electron chi connectivity index (χ3n) is 9.60. The van der Waals surface area contributed by atoms with Crippen LogP contribution in [-0.4, -0.2) is 29.9 Å². The molecule has 16 heteroatoms. The fraction of sp³-hybridized carbons (Fsp3) is 0.238. The molecule has 0 fully saturated rings. The summed E-state index contributed by atoms with van der Waals surface area (Å²) in [5.74, 6) is 2.25. The van der Waals surface area contributed by atoms with Crippen molar-refractivity contribution in [3.8, 4) is 69.1 Å². The van der Waals surface area contributed by atoms with Crippen LogP contribution in [0.1, 0.15) is 32.6 Å². The van der Waals surface area contributed by atoms with E-state index in [-0.39, 0.29) is 76.7 Å². The Morgan fingerprint density at radius 3 is 1.50 bits per heavy atom. The number of nitrogens with zero attached hydrogens (tertiary/aromatic N) is 4. The topological polar surface area (TPSA) is 102 Å². The summed E-state index contributed by atoms with van der Waals surface area (Å²) < 4.78 is 53.2. The Hall–Kier alpha value is -5.32. The van der Waals surface area contributed by atoms with Crippen molar-refractivity contribution in [1.82, 2.24) is 18.7 Å². The molecule has 300 valence electrons. The number of aromatic hydroxyl groups is 1. The molecule has 8 rings (SSSR count).